The van der Waals surface area contributed by atoms with Gasteiger partial charge < -0.3 is 5.73 Å². The topological polar surface area (TPSA) is 26.0 Å². The van der Waals surface area contributed by atoms with Crippen molar-refractivity contribution in [3.05, 3.63) is 34.4 Å². The van der Waals surface area contributed by atoms with Crippen LogP contribution in [0.5, 0.6) is 0 Å². The number of nitrogens with two attached hydrogens (primary N) is 1. The Morgan fingerprint density at radius 3 is 2.27 bits per heavy atom. The van der Waals surface area contributed by atoms with E-state index in [1.54, 1.807) is 0 Å². The highest BCUT2D eigenvalue weighted by Gasteiger charge is 2.10. The summed E-state index contributed by atoms with van der Waals surface area (Å²) in [6, 6.07) is 2.11. The predicted octanol–water partition coefficient (Wildman–Crippen LogP) is 4.04. The van der Waals surface area contributed by atoms with Crippen LogP contribution in [0.2, 0.25) is 0 Å². The van der Waals surface area contributed by atoms with Crippen molar-refractivity contribution in [2.75, 3.05) is 5.73 Å². The van der Waals surface area contributed by atoms with Crippen molar-refractivity contribution in [1.82, 2.24) is 0 Å². The first-order valence-corrected chi connectivity index (χ1v) is 5.51. The van der Waals surface area contributed by atoms with E-state index in [1.165, 1.54) is 22.3 Å². The first kappa shape index (κ1) is 11.8. The summed E-state index contributed by atoms with van der Waals surface area (Å²) >= 11 is 0. The van der Waals surface area contributed by atoms with Crippen LogP contribution in [0, 0.1) is 13.8 Å². The van der Waals surface area contributed by atoms with Gasteiger partial charge in [0.2, 0.25) is 0 Å². The van der Waals surface area contributed by atoms with Crippen LogP contribution in [0.15, 0.2) is 12.1 Å². The average molecular weight is 203 g/mol. The van der Waals surface area contributed by atoms with Crippen LogP contribution < -0.4 is 5.73 Å². The number of rotatable bonds is 2. The minimum Gasteiger partial charge on any atom is -0.398 e. The molecule has 0 spiro atoms. The Hall–Kier alpha value is -1.24. The normalized spacial score (nSPS) is 11.6. The van der Waals surface area contributed by atoms with E-state index in [1.807, 2.05) is 13.0 Å². The first-order chi connectivity index (χ1) is 6.99. The summed E-state index contributed by atoms with van der Waals surface area (Å²) in [6.07, 6.45) is 4.12. The second-order valence-corrected chi connectivity index (χ2v) is 4.37. The SMILES string of the molecule is C/C=C\c1c(N)cc(C(C)C)c(C)c1C. The third-order valence-corrected chi connectivity index (χ3v) is 2.98. The van der Waals surface area contributed by atoms with Crippen LogP contribution >= 0.6 is 0 Å². The van der Waals surface area contributed by atoms with Gasteiger partial charge in [-0.05, 0) is 49.4 Å². The van der Waals surface area contributed by atoms with Gasteiger partial charge in [-0.3, -0.25) is 0 Å². The molecular weight excluding hydrogens is 182 g/mol. The minimum atomic E-state index is 0.533. The van der Waals surface area contributed by atoms with Crippen LogP contribution in [0.3, 0.4) is 0 Å². The Balaban J connectivity index is 3.44. The molecule has 1 aromatic carbocycles. The zero-order valence-electron chi connectivity index (χ0n) is 10.4. The van der Waals surface area contributed by atoms with Crippen molar-refractivity contribution >= 4 is 11.8 Å². The maximum atomic E-state index is 6.06. The Morgan fingerprint density at radius 2 is 1.80 bits per heavy atom. The molecule has 0 aromatic heterocycles. The summed E-state index contributed by atoms with van der Waals surface area (Å²) in [5.74, 6) is 0.533. The summed E-state index contributed by atoms with van der Waals surface area (Å²) in [5, 5.41) is 0. The highest BCUT2D eigenvalue weighted by atomic mass is 14.6. The molecule has 1 heteroatoms. The van der Waals surface area contributed by atoms with E-state index in [2.05, 4.69) is 39.8 Å². The van der Waals surface area contributed by atoms with Crippen LogP contribution in [0.4, 0.5) is 5.69 Å². The molecule has 0 amide bonds. The van der Waals surface area contributed by atoms with E-state index in [4.69, 9.17) is 5.73 Å². The number of benzene rings is 1. The van der Waals surface area contributed by atoms with Crippen molar-refractivity contribution in [1.29, 1.82) is 0 Å². The average Bonchev–Trinajstić information content (AvgIpc) is 2.18. The Morgan fingerprint density at radius 1 is 1.20 bits per heavy atom. The van der Waals surface area contributed by atoms with Crippen LogP contribution in [0.1, 0.15) is 48.9 Å². The maximum Gasteiger partial charge on any atom is 0.0393 e. The minimum absolute atomic E-state index is 0.533. The lowest BCUT2D eigenvalue weighted by atomic mass is 9.90. The predicted molar refractivity (Wildman–Crippen MR) is 69.1 cm³/mol. The zero-order valence-corrected chi connectivity index (χ0v) is 10.4. The lowest BCUT2D eigenvalue weighted by Crippen LogP contribution is -2.01. The third kappa shape index (κ3) is 2.23. The van der Waals surface area contributed by atoms with E-state index < -0.39 is 0 Å². The highest BCUT2D eigenvalue weighted by molar-refractivity contribution is 5.70. The molecule has 0 aliphatic heterocycles. The molecule has 0 saturated heterocycles. The van der Waals surface area contributed by atoms with Crippen molar-refractivity contribution in [2.24, 2.45) is 0 Å². The van der Waals surface area contributed by atoms with Crippen molar-refractivity contribution < 1.29 is 0 Å². The molecule has 1 aromatic rings. The van der Waals surface area contributed by atoms with Gasteiger partial charge in [0.05, 0.1) is 0 Å². The van der Waals surface area contributed by atoms with E-state index in [0.717, 1.165) is 5.69 Å². The lowest BCUT2D eigenvalue weighted by molar-refractivity contribution is 0.854. The molecule has 0 atom stereocenters. The van der Waals surface area contributed by atoms with E-state index >= 15 is 0 Å². The quantitative estimate of drug-likeness (QED) is 0.721. The van der Waals surface area contributed by atoms with Gasteiger partial charge in [0.15, 0.2) is 0 Å². The van der Waals surface area contributed by atoms with E-state index in [9.17, 15) is 0 Å². The number of nitrogen functional groups attached to an aromatic ring is 1. The molecule has 0 heterocycles. The van der Waals surface area contributed by atoms with Gasteiger partial charge in [0.1, 0.15) is 0 Å². The number of anilines is 1. The van der Waals surface area contributed by atoms with E-state index in [-0.39, 0.29) is 0 Å². The lowest BCUT2D eigenvalue weighted by Gasteiger charge is -2.16. The Bertz CT molecular complexity index is 387. The highest BCUT2D eigenvalue weighted by Crippen LogP contribution is 2.29. The second-order valence-electron chi connectivity index (χ2n) is 4.37. The molecule has 0 unspecified atom stereocenters. The van der Waals surface area contributed by atoms with Crippen LogP contribution in [-0.2, 0) is 0 Å². The molecular formula is C14H21N. The molecule has 82 valence electrons. The van der Waals surface area contributed by atoms with Crippen LogP contribution in [-0.4, -0.2) is 0 Å². The molecule has 0 bridgehead atoms. The third-order valence-electron chi connectivity index (χ3n) is 2.98. The number of allylic oxidation sites excluding steroid dienone is 1. The number of hydrogen-bond donors (Lipinski definition) is 1. The summed E-state index contributed by atoms with van der Waals surface area (Å²) in [4.78, 5) is 0. The van der Waals surface area contributed by atoms with Gasteiger partial charge >= 0.3 is 0 Å². The summed E-state index contributed by atoms with van der Waals surface area (Å²) < 4.78 is 0. The summed E-state index contributed by atoms with van der Waals surface area (Å²) in [5.41, 5.74) is 12.1. The van der Waals surface area contributed by atoms with Crippen molar-refractivity contribution in [3.63, 3.8) is 0 Å². The van der Waals surface area contributed by atoms with Crippen molar-refractivity contribution in [3.8, 4) is 0 Å². The van der Waals surface area contributed by atoms with Gasteiger partial charge in [0, 0.05) is 11.3 Å². The summed E-state index contributed by atoms with van der Waals surface area (Å²) in [6.45, 7) is 10.8. The second kappa shape index (κ2) is 4.52. The standard InChI is InChI=1S/C14H21N/c1-6-7-12-10(4)11(5)13(9(2)3)8-14(12)15/h6-9H,15H2,1-5H3/b7-6-. The maximum absolute atomic E-state index is 6.06. The molecule has 2 N–H and O–H groups in total. The Kier molecular flexibility index (Phi) is 3.57. The largest absolute Gasteiger partial charge is 0.398 e. The molecule has 0 fully saturated rings. The molecule has 1 rings (SSSR count). The monoisotopic (exact) mass is 203 g/mol. The molecule has 15 heavy (non-hydrogen) atoms. The Labute approximate surface area is 93.0 Å². The zero-order chi connectivity index (χ0) is 11.6. The summed E-state index contributed by atoms with van der Waals surface area (Å²) in [7, 11) is 0. The van der Waals surface area contributed by atoms with Gasteiger partial charge in [-0.1, -0.05) is 26.0 Å². The molecule has 1 nitrogen and oxygen atoms in total. The fraction of sp³-hybridized carbons (Fsp3) is 0.429. The fourth-order valence-electron chi connectivity index (χ4n) is 1.98. The molecule has 0 saturated carbocycles. The molecule has 0 radical (unpaired) electrons. The molecule has 0 aliphatic carbocycles. The first-order valence-electron chi connectivity index (χ1n) is 5.51. The van der Waals surface area contributed by atoms with Crippen molar-refractivity contribution in [2.45, 2.75) is 40.5 Å². The van der Waals surface area contributed by atoms with Gasteiger partial charge in [0.25, 0.3) is 0 Å². The van der Waals surface area contributed by atoms with Gasteiger partial charge in [-0.2, -0.15) is 0 Å². The molecule has 0 aliphatic rings. The van der Waals surface area contributed by atoms with Gasteiger partial charge in [-0.25, -0.2) is 0 Å². The van der Waals surface area contributed by atoms with Crippen LogP contribution in [0.25, 0.3) is 6.08 Å². The fourth-order valence-corrected chi connectivity index (χ4v) is 1.98. The smallest absolute Gasteiger partial charge is 0.0393 e. The number of hydrogen-bond acceptors (Lipinski definition) is 1. The van der Waals surface area contributed by atoms with E-state index in [0.29, 0.717) is 5.92 Å². The van der Waals surface area contributed by atoms with Gasteiger partial charge in [-0.15, -0.1) is 0 Å².